The van der Waals surface area contributed by atoms with E-state index >= 15 is 0 Å². The molecule has 74 valence electrons. The van der Waals surface area contributed by atoms with Gasteiger partial charge >= 0.3 is 0 Å². The Morgan fingerprint density at radius 2 is 1.86 bits per heavy atom. The largest absolute Gasteiger partial charge is 0.378 e. The first kappa shape index (κ1) is 11.1. The lowest BCUT2D eigenvalue weighted by Gasteiger charge is -2.11. The Bertz CT molecular complexity index is 330. The molecule has 0 aliphatic rings. The van der Waals surface area contributed by atoms with Crippen LogP contribution in [0, 0.1) is 11.8 Å². The molecule has 14 heavy (non-hydrogen) atoms. The van der Waals surface area contributed by atoms with Gasteiger partial charge in [0.15, 0.2) is 0 Å². The number of nitrogens with zero attached hydrogens (tertiary/aromatic N) is 1. The van der Waals surface area contributed by atoms with Gasteiger partial charge in [0.2, 0.25) is 0 Å². The average molecular weight is 252 g/mol. The van der Waals surface area contributed by atoms with Crippen molar-refractivity contribution in [2.75, 3.05) is 24.3 Å². The molecular weight excluding hydrogens is 238 g/mol. The predicted octanol–water partition coefficient (Wildman–Crippen LogP) is 2.89. The third kappa shape index (κ3) is 3.43. The van der Waals surface area contributed by atoms with Gasteiger partial charge in [0.1, 0.15) is 0 Å². The molecule has 1 aromatic carbocycles. The zero-order valence-electron chi connectivity index (χ0n) is 8.55. The van der Waals surface area contributed by atoms with Gasteiger partial charge in [-0.2, -0.15) is 0 Å². The van der Waals surface area contributed by atoms with E-state index in [1.165, 1.54) is 5.69 Å². The van der Waals surface area contributed by atoms with Gasteiger partial charge in [0.25, 0.3) is 0 Å². The molecule has 0 heterocycles. The summed E-state index contributed by atoms with van der Waals surface area (Å²) in [5.41, 5.74) is 2.28. The van der Waals surface area contributed by atoms with Gasteiger partial charge in [-0.05, 0) is 24.3 Å². The van der Waals surface area contributed by atoms with Crippen LogP contribution in [0.15, 0.2) is 24.3 Å². The molecule has 0 aliphatic heterocycles. The summed E-state index contributed by atoms with van der Waals surface area (Å²) in [6.07, 6.45) is 0.898. The molecule has 0 spiro atoms. The average Bonchev–Trinajstić information content (AvgIpc) is 2.19. The highest BCUT2D eigenvalue weighted by Crippen LogP contribution is 2.11. The highest BCUT2D eigenvalue weighted by molar-refractivity contribution is 9.09. The van der Waals surface area contributed by atoms with Gasteiger partial charge in [-0.15, -0.1) is 0 Å². The monoisotopic (exact) mass is 251 g/mol. The summed E-state index contributed by atoms with van der Waals surface area (Å²) >= 11 is 3.34. The summed E-state index contributed by atoms with van der Waals surface area (Å²) < 4.78 is 0. The Kier molecular flexibility index (Phi) is 4.55. The molecule has 1 aromatic rings. The molecule has 0 unspecified atom stereocenters. The third-order valence-electron chi connectivity index (χ3n) is 1.84. The Morgan fingerprint density at radius 1 is 1.21 bits per heavy atom. The van der Waals surface area contributed by atoms with Crippen molar-refractivity contribution in [3.63, 3.8) is 0 Å². The van der Waals surface area contributed by atoms with Crippen LogP contribution >= 0.6 is 15.9 Å². The van der Waals surface area contributed by atoms with Crippen LogP contribution in [0.5, 0.6) is 0 Å². The SMILES string of the molecule is CN(C)c1ccc(C#CCCBr)cc1. The Morgan fingerprint density at radius 3 is 2.36 bits per heavy atom. The topological polar surface area (TPSA) is 3.24 Å². The summed E-state index contributed by atoms with van der Waals surface area (Å²) in [5.74, 6) is 6.20. The van der Waals surface area contributed by atoms with E-state index in [0.717, 1.165) is 17.3 Å². The molecule has 0 saturated carbocycles. The first-order chi connectivity index (χ1) is 6.74. The predicted molar refractivity (Wildman–Crippen MR) is 66.1 cm³/mol. The van der Waals surface area contributed by atoms with E-state index < -0.39 is 0 Å². The second-order valence-electron chi connectivity index (χ2n) is 3.18. The van der Waals surface area contributed by atoms with Gasteiger partial charge < -0.3 is 4.90 Å². The van der Waals surface area contributed by atoms with Crippen molar-refractivity contribution in [1.29, 1.82) is 0 Å². The van der Waals surface area contributed by atoms with Crippen LogP contribution in [0.4, 0.5) is 5.69 Å². The second kappa shape index (κ2) is 5.72. The Hall–Kier alpha value is -0.940. The smallest absolute Gasteiger partial charge is 0.0361 e. The fraction of sp³-hybridized carbons (Fsp3) is 0.333. The zero-order valence-corrected chi connectivity index (χ0v) is 10.1. The number of hydrogen-bond donors (Lipinski definition) is 0. The van der Waals surface area contributed by atoms with E-state index in [0.29, 0.717) is 0 Å². The molecule has 0 aliphatic carbocycles. The number of rotatable bonds is 2. The molecule has 1 nitrogen and oxygen atoms in total. The molecule has 0 radical (unpaired) electrons. The van der Waals surface area contributed by atoms with Gasteiger partial charge in [-0.3, -0.25) is 0 Å². The van der Waals surface area contributed by atoms with Crippen molar-refractivity contribution in [2.45, 2.75) is 6.42 Å². The van der Waals surface area contributed by atoms with Crippen molar-refractivity contribution in [2.24, 2.45) is 0 Å². The number of benzene rings is 1. The van der Waals surface area contributed by atoms with Crippen molar-refractivity contribution in [1.82, 2.24) is 0 Å². The lowest BCUT2D eigenvalue weighted by molar-refractivity contribution is 1.13. The number of halogens is 1. The van der Waals surface area contributed by atoms with Gasteiger partial charge in [0.05, 0.1) is 0 Å². The van der Waals surface area contributed by atoms with E-state index in [1.807, 2.05) is 14.1 Å². The van der Waals surface area contributed by atoms with E-state index in [4.69, 9.17) is 0 Å². The standard InChI is InChI=1S/C12H14BrN/c1-14(2)12-8-6-11(7-9-12)5-3-4-10-13/h6-9H,4,10H2,1-2H3. The van der Waals surface area contributed by atoms with Crippen molar-refractivity contribution in [3.8, 4) is 11.8 Å². The molecule has 1 rings (SSSR count). The molecule has 0 bridgehead atoms. The van der Waals surface area contributed by atoms with Gasteiger partial charge in [-0.1, -0.05) is 27.8 Å². The maximum atomic E-state index is 3.34. The quantitative estimate of drug-likeness (QED) is 0.578. The lowest BCUT2D eigenvalue weighted by atomic mass is 10.2. The van der Waals surface area contributed by atoms with Crippen LogP contribution in [0.2, 0.25) is 0 Å². The first-order valence-corrected chi connectivity index (χ1v) is 5.68. The fourth-order valence-corrected chi connectivity index (χ4v) is 1.25. The summed E-state index contributed by atoms with van der Waals surface area (Å²) in [6, 6.07) is 8.27. The minimum Gasteiger partial charge on any atom is -0.378 e. The van der Waals surface area contributed by atoms with Crippen LogP contribution in [0.25, 0.3) is 0 Å². The van der Waals surface area contributed by atoms with Crippen LogP contribution in [-0.2, 0) is 0 Å². The maximum Gasteiger partial charge on any atom is 0.0361 e. The minimum atomic E-state index is 0.898. The zero-order chi connectivity index (χ0) is 10.4. The van der Waals surface area contributed by atoms with Crippen molar-refractivity contribution < 1.29 is 0 Å². The summed E-state index contributed by atoms with van der Waals surface area (Å²) in [4.78, 5) is 2.08. The fourth-order valence-electron chi connectivity index (χ4n) is 1.05. The van der Waals surface area contributed by atoms with Crippen LogP contribution < -0.4 is 4.90 Å². The highest BCUT2D eigenvalue weighted by Gasteiger charge is 1.92. The van der Waals surface area contributed by atoms with Crippen LogP contribution in [-0.4, -0.2) is 19.4 Å². The lowest BCUT2D eigenvalue weighted by Crippen LogP contribution is -2.07. The van der Waals surface area contributed by atoms with Gasteiger partial charge in [0, 0.05) is 37.1 Å². The molecule has 0 fully saturated rings. The summed E-state index contributed by atoms with van der Waals surface area (Å²) in [6.45, 7) is 0. The molecule has 0 aromatic heterocycles. The maximum absolute atomic E-state index is 3.34. The third-order valence-corrected chi connectivity index (χ3v) is 2.23. The number of anilines is 1. The summed E-state index contributed by atoms with van der Waals surface area (Å²) in [5, 5.41) is 0.940. The first-order valence-electron chi connectivity index (χ1n) is 4.56. The number of alkyl halides is 1. The van der Waals surface area contributed by atoms with Gasteiger partial charge in [-0.25, -0.2) is 0 Å². The van der Waals surface area contributed by atoms with E-state index in [-0.39, 0.29) is 0 Å². The van der Waals surface area contributed by atoms with Crippen molar-refractivity contribution in [3.05, 3.63) is 29.8 Å². The Balaban J connectivity index is 2.70. The molecule has 0 N–H and O–H groups in total. The highest BCUT2D eigenvalue weighted by atomic mass is 79.9. The molecule has 0 amide bonds. The van der Waals surface area contributed by atoms with E-state index in [2.05, 4.69) is 56.9 Å². The normalized spacial score (nSPS) is 9.07. The molecular formula is C12H14BrN. The number of hydrogen-bond acceptors (Lipinski definition) is 1. The van der Waals surface area contributed by atoms with Crippen LogP contribution in [0.1, 0.15) is 12.0 Å². The minimum absolute atomic E-state index is 0.898. The second-order valence-corrected chi connectivity index (χ2v) is 3.98. The van der Waals surface area contributed by atoms with E-state index in [9.17, 15) is 0 Å². The van der Waals surface area contributed by atoms with E-state index in [1.54, 1.807) is 0 Å². The summed E-state index contributed by atoms with van der Waals surface area (Å²) in [7, 11) is 4.07. The van der Waals surface area contributed by atoms with Crippen molar-refractivity contribution >= 4 is 21.6 Å². The molecule has 0 saturated heterocycles. The van der Waals surface area contributed by atoms with Crippen LogP contribution in [0.3, 0.4) is 0 Å². The Labute approximate surface area is 94.2 Å². The molecule has 0 atom stereocenters. The molecule has 2 heteroatoms.